The maximum atomic E-state index is 11.9. The topological polar surface area (TPSA) is 67.4 Å². The highest BCUT2D eigenvalue weighted by atomic mass is 16.2. The van der Waals surface area contributed by atoms with Crippen LogP contribution in [0, 0.1) is 0 Å². The minimum Gasteiger partial charge on any atom is -0.345 e. The van der Waals surface area contributed by atoms with E-state index in [1.165, 1.54) is 0 Å². The first-order valence-electron chi connectivity index (χ1n) is 6.13. The SMILES string of the molecule is CN(CC(=O)N(C)CCCN)Cc1nccn1C. The van der Waals surface area contributed by atoms with E-state index in [0.717, 1.165) is 12.2 Å². The number of aromatic nitrogens is 2. The summed E-state index contributed by atoms with van der Waals surface area (Å²) in [7, 11) is 5.68. The van der Waals surface area contributed by atoms with Gasteiger partial charge in [0.05, 0.1) is 13.1 Å². The van der Waals surface area contributed by atoms with Crippen LogP contribution >= 0.6 is 0 Å². The molecule has 2 N–H and O–H groups in total. The second-order valence-electron chi connectivity index (χ2n) is 4.58. The van der Waals surface area contributed by atoms with Crippen molar-refractivity contribution in [3.63, 3.8) is 0 Å². The highest BCUT2D eigenvalue weighted by molar-refractivity contribution is 5.77. The smallest absolute Gasteiger partial charge is 0.236 e. The highest BCUT2D eigenvalue weighted by Crippen LogP contribution is 2.00. The Morgan fingerprint density at radius 1 is 1.50 bits per heavy atom. The van der Waals surface area contributed by atoms with Gasteiger partial charge in [-0.1, -0.05) is 0 Å². The van der Waals surface area contributed by atoms with Crippen LogP contribution in [0.25, 0.3) is 0 Å². The van der Waals surface area contributed by atoms with Gasteiger partial charge >= 0.3 is 0 Å². The van der Waals surface area contributed by atoms with Crippen molar-refractivity contribution >= 4 is 5.91 Å². The maximum Gasteiger partial charge on any atom is 0.236 e. The lowest BCUT2D eigenvalue weighted by Gasteiger charge is -2.21. The summed E-state index contributed by atoms with van der Waals surface area (Å²) in [5.74, 6) is 1.06. The van der Waals surface area contributed by atoms with Gasteiger partial charge in [0.1, 0.15) is 5.82 Å². The fourth-order valence-electron chi connectivity index (χ4n) is 1.65. The molecule has 0 unspecified atom stereocenters. The number of rotatable bonds is 7. The zero-order valence-electron chi connectivity index (χ0n) is 11.5. The third-order valence-electron chi connectivity index (χ3n) is 2.86. The Hall–Kier alpha value is -1.40. The molecule has 0 aromatic carbocycles. The van der Waals surface area contributed by atoms with Gasteiger partial charge in [-0.25, -0.2) is 4.98 Å². The van der Waals surface area contributed by atoms with Crippen molar-refractivity contribution in [3.8, 4) is 0 Å². The van der Waals surface area contributed by atoms with Crippen LogP contribution in [0.1, 0.15) is 12.2 Å². The normalized spacial score (nSPS) is 10.9. The third-order valence-corrected chi connectivity index (χ3v) is 2.86. The maximum absolute atomic E-state index is 11.9. The number of likely N-dealkylation sites (N-methyl/N-ethyl adjacent to an activating group) is 2. The third kappa shape index (κ3) is 4.46. The Morgan fingerprint density at radius 3 is 2.78 bits per heavy atom. The molecule has 0 spiro atoms. The molecular weight excluding hydrogens is 230 g/mol. The minimum atomic E-state index is 0.111. The first-order chi connectivity index (χ1) is 8.54. The van der Waals surface area contributed by atoms with Gasteiger partial charge < -0.3 is 15.2 Å². The summed E-state index contributed by atoms with van der Waals surface area (Å²) in [6, 6.07) is 0. The number of carbonyl (C=O) groups excluding carboxylic acids is 1. The molecule has 1 rings (SSSR count). The number of aryl methyl sites for hydroxylation is 1. The lowest BCUT2D eigenvalue weighted by molar-refractivity contribution is -0.130. The number of nitrogens with zero attached hydrogens (tertiary/aromatic N) is 4. The van der Waals surface area contributed by atoms with Crippen LogP contribution in [0.15, 0.2) is 12.4 Å². The molecular formula is C12H23N5O. The van der Waals surface area contributed by atoms with E-state index < -0.39 is 0 Å². The fourth-order valence-corrected chi connectivity index (χ4v) is 1.65. The van der Waals surface area contributed by atoms with Crippen molar-refractivity contribution in [2.24, 2.45) is 12.8 Å². The van der Waals surface area contributed by atoms with Crippen LogP contribution in [-0.4, -0.2) is 59.0 Å². The van der Waals surface area contributed by atoms with Crippen molar-refractivity contribution in [3.05, 3.63) is 18.2 Å². The first kappa shape index (κ1) is 14.7. The molecule has 0 aliphatic carbocycles. The van der Waals surface area contributed by atoms with Crippen LogP contribution in [0.2, 0.25) is 0 Å². The molecule has 0 saturated carbocycles. The van der Waals surface area contributed by atoms with Crippen molar-refractivity contribution < 1.29 is 4.79 Å². The van der Waals surface area contributed by atoms with E-state index >= 15 is 0 Å². The molecule has 1 amide bonds. The summed E-state index contributed by atoms with van der Waals surface area (Å²) in [4.78, 5) is 19.8. The van der Waals surface area contributed by atoms with Crippen molar-refractivity contribution in [2.75, 3.05) is 33.7 Å². The summed E-state index contributed by atoms with van der Waals surface area (Å²) in [6.07, 6.45) is 4.50. The molecule has 0 aliphatic heterocycles. The molecule has 0 bridgehead atoms. The van der Waals surface area contributed by atoms with Crippen LogP contribution in [0.4, 0.5) is 0 Å². The van der Waals surface area contributed by atoms with E-state index in [1.807, 2.05) is 36.8 Å². The molecule has 0 fully saturated rings. The summed E-state index contributed by atoms with van der Waals surface area (Å²) in [5, 5.41) is 0. The predicted octanol–water partition coefficient (Wildman–Crippen LogP) is -0.341. The minimum absolute atomic E-state index is 0.111. The van der Waals surface area contributed by atoms with Crippen molar-refractivity contribution in [1.29, 1.82) is 0 Å². The van der Waals surface area contributed by atoms with Gasteiger partial charge in [-0.15, -0.1) is 0 Å². The van der Waals surface area contributed by atoms with Crippen molar-refractivity contribution in [1.82, 2.24) is 19.4 Å². The summed E-state index contributed by atoms with van der Waals surface area (Å²) >= 11 is 0. The Morgan fingerprint density at radius 2 is 2.22 bits per heavy atom. The molecule has 0 saturated heterocycles. The number of amides is 1. The van der Waals surface area contributed by atoms with Crippen molar-refractivity contribution in [2.45, 2.75) is 13.0 Å². The summed E-state index contributed by atoms with van der Waals surface area (Å²) in [6.45, 7) is 2.39. The van der Waals surface area contributed by atoms with Gasteiger partial charge in [-0.05, 0) is 20.0 Å². The molecule has 0 aliphatic rings. The number of hydrogen-bond acceptors (Lipinski definition) is 4. The Balaban J connectivity index is 2.37. The summed E-state index contributed by atoms with van der Waals surface area (Å²) < 4.78 is 1.96. The van der Waals surface area contributed by atoms with E-state index in [0.29, 0.717) is 26.2 Å². The van der Waals surface area contributed by atoms with Crippen LogP contribution in [-0.2, 0) is 18.4 Å². The lowest BCUT2D eigenvalue weighted by atomic mass is 10.3. The Kier molecular flexibility index (Phi) is 5.80. The van der Waals surface area contributed by atoms with E-state index in [1.54, 1.807) is 11.1 Å². The molecule has 6 heteroatoms. The Bertz CT molecular complexity index is 376. The van der Waals surface area contributed by atoms with Gasteiger partial charge in [0.25, 0.3) is 0 Å². The standard InChI is InChI=1S/C12H23N5O/c1-15(9-11-14-6-8-16(11)2)10-12(18)17(3)7-4-5-13/h6,8H,4-5,7,9-10,13H2,1-3H3. The highest BCUT2D eigenvalue weighted by Gasteiger charge is 2.12. The van der Waals surface area contributed by atoms with E-state index in [9.17, 15) is 4.79 Å². The lowest BCUT2D eigenvalue weighted by Crippen LogP contribution is -2.37. The van der Waals surface area contributed by atoms with E-state index in [4.69, 9.17) is 5.73 Å². The molecule has 1 aromatic heterocycles. The molecule has 0 radical (unpaired) electrons. The van der Waals surface area contributed by atoms with Crippen LogP contribution in [0.3, 0.4) is 0 Å². The molecule has 0 atom stereocenters. The second kappa shape index (κ2) is 7.13. The first-order valence-corrected chi connectivity index (χ1v) is 6.13. The van der Waals surface area contributed by atoms with Gasteiger partial charge in [-0.2, -0.15) is 0 Å². The number of imidazole rings is 1. The zero-order chi connectivity index (χ0) is 13.5. The Labute approximate surface area is 108 Å². The quantitative estimate of drug-likeness (QED) is 0.722. The van der Waals surface area contributed by atoms with Gasteiger partial charge in [0.2, 0.25) is 5.91 Å². The summed E-state index contributed by atoms with van der Waals surface area (Å²) in [5.41, 5.74) is 5.43. The zero-order valence-corrected chi connectivity index (χ0v) is 11.5. The van der Waals surface area contributed by atoms with Gasteiger partial charge in [0, 0.05) is 33.0 Å². The molecule has 1 aromatic rings. The number of carbonyl (C=O) groups is 1. The average Bonchev–Trinajstić information content (AvgIpc) is 2.71. The van der Waals surface area contributed by atoms with Crippen LogP contribution < -0.4 is 5.73 Å². The van der Waals surface area contributed by atoms with E-state index in [2.05, 4.69) is 4.98 Å². The van der Waals surface area contributed by atoms with Gasteiger partial charge in [-0.3, -0.25) is 9.69 Å². The second-order valence-corrected chi connectivity index (χ2v) is 4.58. The van der Waals surface area contributed by atoms with E-state index in [-0.39, 0.29) is 5.91 Å². The largest absolute Gasteiger partial charge is 0.345 e. The number of hydrogen-bond donors (Lipinski definition) is 1. The molecule has 102 valence electrons. The predicted molar refractivity (Wildman–Crippen MR) is 70.9 cm³/mol. The van der Waals surface area contributed by atoms with Crippen LogP contribution in [0.5, 0.6) is 0 Å². The average molecular weight is 253 g/mol. The van der Waals surface area contributed by atoms with Gasteiger partial charge in [0.15, 0.2) is 0 Å². The fraction of sp³-hybridized carbons (Fsp3) is 0.667. The molecule has 6 nitrogen and oxygen atoms in total. The monoisotopic (exact) mass is 253 g/mol. The molecule has 1 heterocycles. The molecule has 18 heavy (non-hydrogen) atoms. The number of nitrogens with two attached hydrogens (primary N) is 1.